The number of benzene rings is 1. The minimum atomic E-state index is 0.0662. The van der Waals surface area contributed by atoms with Gasteiger partial charge in [-0.25, -0.2) is 4.79 Å². The highest BCUT2D eigenvalue weighted by Gasteiger charge is 2.23. The second-order valence-corrected chi connectivity index (χ2v) is 7.22. The number of carbonyl (C=O) groups excluding carboxylic acids is 1. The van der Waals surface area contributed by atoms with Gasteiger partial charge in [-0.3, -0.25) is 0 Å². The number of aryl methyl sites for hydroxylation is 1. The van der Waals surface area contributed by atoms with E-state index in [2.05, 4.69) is 24.4 Å². The number of nitrogens with one attached hydrogen (secondary N) is 1. The lowest BCUT2D eigenvalue weighted by molar-refractivity contribution is 0.111. The van der Waals surface area contributed by atoms with E-state index in [0.717, 1.165) is 64.3 Å². The Morgan fingerprint density at radius 1 is 1.24 bits per heavy atom. The number of hydrogen-bond acceptors (Lipinski definition) is 3. The molecule has 2 saturated heterocycles. The van der Waals surface area contributed by atoms with Crippen molar-refractivity contribution >= 4 is 6.03 Å². The van der Waals surface area contributed by atoms with Crippen molar-refractivity contribution in [2.45, 2.75) is 45.1 Å². The van der Waals surface area contributed by atoms with Crippen molar-refractivity contribution in [3.05, 3.63) is 29.8 Å². The maximum Gasteiger partial charge on any atom is 0.317 e. The maximum atomic E-state index is 12.2. The Kier molecular flexibility index (Phi) is 6.56. The van der Waals surface area contributed by atoms with E-state index in [4.69, 9.17) is 9.47 Å². The Balaban J connectivity index is 1.31. The number of nitrogens with zero attached hydrogens (tertiary/aromatic N) is 1. The van der Waals surface area contributed by atoms with E-state index in [-0.39, 0.29) is 12.1 Å². The van der Waals surface area contributed by atoms with Gasteiger partial charge in [-0.15, -0.1) is 0 Å². The molecule has 1 aromatic rings. The van der Waals surface area contributed by atoms with Crippen molar-refractivity contribution in [3.63, 3.8) is 0 Å². The molecule has 0 aromatic heterocycles. The van der Waals surface area contributed by atoms with E-state index >= 15 is 0 Å². The van der Waals surface area contributed by atoms with Gasteiger partial charge in [0, 0.05) is 45.7 Å². The lowest BCUT2D eigenvalue weighted by atomic mass is 10.0. The summed E-state index contributed by atoms with van der Waals surface area (Å²) >= 11 is 0. The predicted molar refractivity (Wildman–Crippen MR) is 98.0 cm³/mol. The summed E-state index contributed by atoms with van der Waals surface area (Å²) in [5.74, 6) is 1.61. The molecule has 2 fully saturated rings. The molecule has 5 nitrogen and oxygen atoms in total. The normalized spacial score (nSPS) is 21.3. The summed E-state index contributed by atoms with van der Waals surface area (Å²) in [6.07, 6.45) is 5.33. The number of urea groups is 1. The molecule has 0 spiro atoms. The smallest absolute Gasteiger partial charge is 0.317 e. The van der Waals surface area contributed by atoms with Crippen LogP contribution in [0.1, 0.15) is 37.7 Å². The van der Waals surface area contributed by atoms with Gasteiger partial charge in [-0.2, -0.15) is 0 Å². The first-order chi connectivity index (χ1) is 12.2. The van der Waals surface area contributed by atoms with Crippen LogP contribution in [-0.4, -0.2) is 49.9 Å². The largest absolute Gasteiger partial charge is 0.490 e. The summed E-state index contributed by atoms with van der Waals surface area (Å²) in [5.41, 5.74) is 1.24. The van der Waals surface area contributed by atoms with Gasteiger partial charge in [0.05, 0.1) is 0 Å². The third-order valence-corrected chi connectivity index (χ3v) is 5.14. The first kappa shape index (κ1) is 18.1. The molecule has 2 heterocycles. The first-order valence-corrected chi connectivity index (χ1v) is 9.54. The van der Waals surface area contributed by atoms with Crippen molar-refractivity contribution in [1.29, 1.82) is 0 Å². The molecule has 5 heteroatoms. The summed E-state index contributed by atoms with van der Waals surface area (Å²) in [4.78, 5) is 14.2. The van der Waals surface area contributed by atoms with Gasteiger partial charge in [0.1, 0.15) is 11.9 Å². The molecule has 2 aliphatic heterocycles. The zero-order chi connectivity index (χ0) is 17.5. The Bertz CT molecular complexity index is 532. The van der Waals surface area contributed by atoms with Gasteiger partial charge in [-0.05, 0) is 44.2 Å². The number of amides is 2. The number of likely N-dealkylation sites (tertiary alicyclic amines) is 1. The van der Waals surface area contributed by atoms with Crippen molar-refractivity contribution in [2.75, 3.05) is 32.8 Å². The fourth-order valence-electron chi connectivity index (χ4n) is 3.49. The van der Waals surface area contributed by atoms with Gasteiger partial charge in [0.15, 0.2) is 0 Å². The summed E-state index contributed by atoms with van der Waals surface area (Å²) in [5, 5.41) is 3.05. The third-order valence-electron chi connectivity index (χ3n) is 5.14. The number of hydrogen-bond donors (Lipinski definition) is 1. The summed E-state index contributed by atoms with van der Waals surface area (Å²) in [7, 11) is 0. The van der Waals surface area contributed by atoms with E-state index in [0.29, 0.717) is 5.92 Å². The van der Waals surface area contributed by atoms with Crippen LogP contribution in [0.15, 0.2) is 24.3 Å². The molecule has 1 N–H and O–H groups in total. The van der Waals surface area contributed by atoms with Crippen LogP contribution in [0.4, 0.5) is 4.79 Å². The molecular formula is C20H30N2O3. The van der Waals surface area contributed by atoms with Gasteiger partial charge in [0.2, 0.25) is 0 Å². The zero-order valence-corrected chi connectivity index (χ0v) is 15.2. The molecule has 1 atom stereocenters. The first-order valence-electron chi connectivity index (χ1n) is 9.54. The minimum Gasteiger partial charge on any atom is -0.490 e. The van der Waals surface area contributed by atoms with Crippen molar-refractivity contribution in [1.82, 2.24) is 10.2 Å². The Hall–Kier alpha value is -1.75. The zero-order valence-electron chi connectivity index (χ0n) is 15.2. The van der Waals surface area contributed by atoms with Crippen molar-refractivity contribution < 1.29 is 14.3 Å². The number of piperidine rings is 1. The van der Waals surface area contributed by atoms with Crippen LogP contribution in [0.5, 0.6) is 5.75 Å². The Labute approximate surface area is 150 Å². The highest BCUT2D eigenvalue weighted by Crippen LogP contribution is 2.20. The monoisotopic (exact) mass is 346 g/mol. The van der Waals surface area contributed by atoms with Gasteiger partial charge < -0.3 is 19.7 Å². The second kappa shape index (κ2) is 9.09. The highest BCUT2D eigenvalue weighted by molar-refractivity contribution is 5.74. The molecule has 0 radical (unpaired) electrons. The van der Waals surface area contributed by atoms with Gasteiger partial charge in [0.25, 0.3) is 0 Å². The average molecular weight is 346 g/mol. The molecule has 25 heavy (non-hydrogen) atoms. The lowest BCUT2D eigenvalue weighted by Gasteiger charge is -2.32. The highest BCUT2D eigenvalue weighted by atomic mass is 16.5. The van der Waals surface area contributed by atoms with Crippen LogP contribution in [0, 0.1) is 12.8 Å². The molecule has 2 amide bonds. The summed E-state index contributed by atoms with van der Waals surface area (Å²) in [6.45, 7) is 6.15. The summed E-state index contributed by atoms with van der Waals surface area (Å²) < 4.78 is 11.4. The molecule has 1 aromatic carbocycles. The second-order valence-electron chi connectivity index (χ2n) is 7.22. The van der Waals surface area contributed by atoms with Crippen LogP contribution in [0.2, 0.25) is 0 Å². The number of ether oxygens (including phenoxy) is 2. The fourth-order valence-corrected chi connectivity index (χ4v) is 3.49. The number of carbonyl (C=O) groups is 1. The molecule has 1 unspecified atom stereocenters. The lowest BCUT2D eigenvalue weighted by Crippen LogP contribution is -2.46. The van der Waals surface area contributed by atoms with Crippen LogP contribution < -0.4 is 10.1 Å². The van der Waals surface area contributed by atoms with Crippen molar-refractivity contribution in [2.24, 2.45) is 5.92 Å². The number of rotatable bonds is 6. The predicted octanol–water partition coefficient (Wildman–Crippen LogP) is 3.36. The average Bonchev–Trinajstić information content (AvgIpc) is 3.15. The molecule has 0 bridgehead atoms. The van der Waals surface area contributed by atoms with Crippen LogP contribution in [0.25, 0.3) is 0 Å². The molecule has 0 aliphatic carbocycles. The summed E-state index contributed by atoms with van der Waals surface area (Å²) in [6, 6.07) is 8.23. The SMILES string of the molecule is Cc1ccc(OC2CCN(C(=O)NCCCC3CCOC3)CC2)cc1. The van der Waals surface area contributed by atoms with Gasteiger partial charge in [-0.1, -0.05) is 17.7 Å². The molecular weight excluding hydrogens is 316 g/mol. The van der Waals surface area contributed by atoms with Crippen molar-refractivity contribution in [3.8, 4) is 5.75 Å². The van der Waals surface area contributed by atoms with Crippen LogP contribution in [-0.2, 0) is 4.74 Å². The quantitative estimate of drug-likeness (QED) is 0.804. The van der Waals surface area contributed by atoms with Crippen LogP contribution >= 0.6 is 0 Å². The topological polar surface area (TPSA) is 50.8 Å². The Morgan fingerprint density at radius 2 is 2.00 bits per heavy atom. The fraction of sp³-hybridized carbons (Fsp3) is 0.650. The van der Waals surface area contributed by atoms with E-state index in [1.165, 1.54) is 12.0 Å². The van der Waals surface area contributed by atoms with E-state index in [1.54, 1.807) is 0 Å². The standard InChI is InChI=1S/C20H30N2O3/c1-16-4-6-18(7-5-16)25-19-8-12-22(13-9-19)20(23)21-11-2-3-17-10-14-24-15-17/h4-7,17,19H,2-3,8-15H2,1H3,(H,21,23). The van der Waals surface area contributed by atoms with Crippen LogP contribution in [0.3, 0.4) is 0 Å². The minimum absolute atomic E-state index is 0.0662. The molecule has 2 aliphatic rings. The Morgan fingerprint density at radius 3 is 2.68 bits per heavy atom. The van der Waals surface area contributed by atoms with Gasteiger partial charge >= 0.3 is 6.03 Å². The van der Waals surface area contributed by atoms with E-state index in [1.807, 2.05) is 17.0 Å². The molecule has 3 rings (SSSR count). The molecule has 138 valence electrons. The van der Waals surface area contributed by atoms with E-state index < -0.39 is 0 Å². The van der Waals surface area contributed by atoms with E-state index in [9.17, 15) is 4.79 Å². The third kappa shape index (κ3) is 5.63. The molecule has 0 saturated carbocycles. The maximum absolute atomic E-state index is 12.2.